The molecule has 3 heterocycles. The molecule has 3 aromatic rings. The van der Waals surface area contributed by atoms with Crippen LogP contribution in [-0.2, 0) is 48.2 Å². The number of rotatable bonds is 9. The van der Waals surface area contributed by atoms with Crippen LogP contribution in [0.25, 0.3) is 0 Å². The van der Waals surface area contributed by atoms with Gasteiger partial charge in [-0.05, 0) is 75.7 Å². The van der Waals surface area contributed by atoms with Crippen LogP contribution in [0.1, 0.15) is 27.8 Å². The van der Waals surface area contributed by atoms with E-state index < -0.39 is 8.07 Å². The van der Waals surface area contributed by atoms with E-state index in [9.17, 15) is 0 Å². The highest BCUT2D eigenvalue weighted by Gasteiger charge is 2.20. The summed E-state index contributed by atoms with van der Waals surface area (Å²) < 4.78 is 33.2. The van der Waals surface area contributed by atoms with Crippen molar-refractivity contribution >= 4 is 30.7 Å². The third-order valence-electron chi connectivity index (χ3n) is 6.85. The summed E-state index contributed by atoms with van der Waals surface area (Å²) in [4.78, 5) is 0. The van der Waals surface area contributed by atoms with Crippen LogP contribution in [0.5, 0.6) is 0 Å². The molecule has 0 aliphatic carbocycles. The maximum Gasteiger partial charge on any atom is 0.129 e. The van der Waals surface area contributed by atoms with Gasteiger partial charge in [-0.25, -0.2) is 0 Å². The first-order valence-corrected chi connectivity index (χ1v) is 19.8. The van der Waals surface area contributed by atoms with Gasteiger partial charge in [0.25, 0.3) is 0 Å². The van der Waals surface area contributed by atoms with E-state index in [1.807, 2.05) is 24.3 Å². The van der Waals surface area contributed by atoms with Gasteiger partial charge in [-0.1, -0.05) is 67.9 Å². The molecule has 3 saturated heterocycles. The fraction of sp³-hybridized carbons (Fsp3) is 0.405. The monoisotopic (exact) mass is 738 g/mol. The van der Waals surface area contributed by atoms with Gasteiger partial charge in [0, 0.05) is 14.7 Å². The standard InChI is InChI=1S/C15H20O2Si.C12H12O2.C10H11IO2/c1-18(2,3)9-8-13-4-6-14(7-5-13)10-17-15-11-16-12-15;1-2-10-3-5-11(6-4-10)7-14-12-8-13-9-12;11-9-3-1-8(2-4-9)5-13-10-6-12-7-10/h4-7,15H,10-12H2,1-3H3;1,3-6,12H,7-9H2;1-4,10H,5-7H2. The highest BCUT2D eigenvalue weighted by molar-refractivity contribution is 14.1. The lowest BCUT2D eigenvalue weighted by Crippen LogP contribution is -2.35. The molecular formula is C37H43IO6Si. The predicted octanol–water partition coefficient (Wildman–Crippen LogP) is 6.62. The largest absolute Gasteiger partial charge is 0.376 e. The van der Waals surface area contributed by atoms with Gasteiger partial charge in [-0.2, -0.15) is 0 Å². The van der Waals surface area contributed by atoms with Crippen molar-refractivity contribution in [2.45, 2.75) is 57.8 Å². The van der Waals surface area contributed by atoms with Crippen LogP contribution >= 0.6 is 22.6 Å². The average Bonchev–Trinajstić information content (AvgIpc) is 2.96. The zero-order valence-corrected chi connectivity index (χ0v) is 29.6. The Morgan fingerprint density at radius 2 is 0.978 bits per heavy atom. The number of terminal acetylenes is 1. The van der Waals surface area contributed by atoms with Gasteiger partial charge in [0.1, 0.15) is 26.4 Å². The van der Waals surface area contributed by atoms with Crippen molar-refractivity contribution in [1.82, 2.24) is 0 Å². The van der Waals surface area contributed by atoms with E-state index in [-0.39, 0.29) is 12.2 Å². The molecule has 3 fully saturated rings. The quantitative estimate of drug-likeness (QED) is 0.140. The average molecular weight is 739 g/mol. The molecule has 0 atom stereocenters. The third kappa shape index (κ3) is 13.8. The molecule has 0 amide bonds. The Morgan fingerprint density at radius 3 is 1.29 bits per heavy atom. The first-order valence-electron chi connectivity index (χ1n) is 15.3. The van der Waals surface area contributed by atoms with Gasteiger partial charge in [-0.15, -0.1) is 12.0 Å². The highest BCUT2D eigenvalue weighted by atomic mass is 127. The summed E-state index contributed by atoms with van der Waals surface area (Å²) in [5.41, 5.74) is 8.93. The number of halogens is 1. The molecule has 6 rings (SSSR count). The van der Waals surface area contributed by atoms with Crippen LogP contribution in [0.15, 0.2) is 72.8 Å². The van der Waals surface area contributed by atoms with Gasteiger partial charge >= 0.3 is 0 Å². The lowest BCUT2D eigenvalue weighted by Gasteiger charge is -2.25. The van der Waals surface area contributed by atoms with Crippen molar-refractivity contribution in [3.8, 4) is 23.8 Å². The van der Waals surface area contributed by atoms with Crippen molar-refractivity contribution < 1.29 is 28.4 Å². The molecule has 238 valence electrons. The number of benzene rings is 3. The second kappa shape index (κ2) is 18.6. The summed E-state index contributed by atoms with van der Waals surface area (Å²) in [5.74, 6) is 5.83. The molecule has 3 aromatic carbocycles. The molecule has 3 aliphatic rings. The fourth-order valence-corrected chi connectivity index (χ4v) is 4.67. The van der Waals surface area contributed by atoms with Crippen LogP contribution in [0, 0.1) is 27.4 Å². The molecule has 0 unspecified atom stereocenters. The Bertz CT molecular complexity index is 1390. The van der Waals surface area contributed by atoms with Crippen LogP contribution < -0.4 is 0 Å². The van der Waals surface area contributed by atoms with Crippen LogP contribution in [0.4, 0.5) is 0 Å². The Balaban J connectivity index is 0.000000156. The second-order valence-electron chi connectivity index (χ2n) is 12.1. The van der Waals surface area contributed by atoms with Crippen molar-refractivity contribution in [3.63, 3.8) is 0 Å². The number of hydrogen-bond acceptors (Lipinski definition) is 6. The summed E-state index contributed by atoms with van der Waals surface area (Å²) in [6.07, 6.45) is 6.14. The summed E-state index contributed by atoms with van der Waals surface area (Å²) in [6, 6.07) is 24.6. The van der Waals surface area contributed by atoms with Crippen LogP contribution in [0.3, 0.4) is 0 Å². The van der Waals surface area contributed by atoms with Crippen molar-refractivity contribution in [3.05, 3.63) is 104 Å². The third-order valence-corrected chi connectivity index (χ3v) is 8.44. The molecule has 0 radical (unpaired) electrons. The van der Waals surface area contributed by atoms with E-state index in [4.69, 9.17) is 34.8 Å². The molecule has 0 saturated carbocycles. The fourth-order valence-electron chi connectivity index (χ4n) is 3.79. The minimum absolute atomic E-state index is 0.280. The lowest BCUT2D eigenvalue weighted by molar-refractivity contribution is -0.135. The minimum atomic E-state index is -1.28. The smallest absolute Gasteiger partial charge is 0.129 e. The summed E-state index contributed by atoms with van der Waals surface area (Å²) in [7, 11) is -1.28. The van der Waals surface area contributed by atoms with Crippen molar-refractivity contribution in [2.24, 2.45) is 0 Å². The minimum Gasteiger partial charge on any atom is -0.376 e. The van der Waals surface area contributed by atoms with Crippen LogP contribution in [-0.4, -0.2) is 66.0 Å². The maximum atomic E-state index is 5.66. The van der Waals surface area contributed by atoms with E-state index in [1.165, 1.54) is 14.7 Å². The van der Waals surface area contributed by atoms with Gasteiger partial charge in [0.15, 0.2) is 0 Å². The van der Waals surface area contributed by atoms with Gasteiger partial charge in [-0.3, -0.25) is 0 Å². The second-order valence-corrected chi connectivity index (χ2v) is 18.1. The van der Waals surface area contributed by atoms with E-state index in [0.717, 1.165) is 56.3 Å². The Labute approximate surface area is 283 Å². The van der Waals surface area contributed by atoms with Crippen molar-refractivity contribution in [1.29, 1.82) is 0 Å². The molecule has 0 spiro atoms. The normalized spacial score (nSPS) is 16.2. The van der Waals surface area contributed by atoms with E-state index in [1.54, 1.807) is 0 Å². The Hall–Kier alpha value is -2.51. The predicted molar refractivity (Wildman–Crippen MR) is 188 cm³/mol. The summed E-state index contributed by atoms with van der Waals surface area (Å²) in [5, 5.41) is 0. The zero-order chi connectivity index (χ0) is 31.9. The number of hydrogen-bond donors (Lipinski definition) is 0. The van der Waals surface area contributed by atoms with Crippen LogP contribution in [0.2, 0.25) is 19.6 Å². The first kappa shape index (κ1) is 35.3. The van der Waals surface area contributed by atoms with Gasteiger partial charge < -0.3 is 28.4 Å². The molecule has 0 N–H and O–H groups in total. The van der Waals surface area contributed by atoms with Crippen molar-refractivity contribution in [2.75, 3.05) is 39.6 Å². The molecule has 8 heteroatoms. The summed E-state index contributed by atoms with van der Waals surface area (Å²) >= 11 is 2.30. The Kier molecular flexibility index (Phi) is 14.6. The molecule has 45 heavy (non-hydrogen) atoms. The van der Waals surface area contributed by atoms with E-state index in [2.05, 4.69) is 108 Å². The maximum absolute atomic E-state index is 5.66. The molecule has 3 aliphatic heterocycles. The number of ether oxygens (including phenoxy) is 6. The first-order chi connectivity index (χ1) is 21.8. The summed E-state index contributed by atoms with van der Waals surface area (Å²) in [6.45, 7) is 13.2. The SMILES string of the molecule is C#Cc1ccc(COC2COC2)cc1.C[Si](C)(C)C#Cc1ccc(COC2COC2)cc1.Ic1ccc(COC2COC2)cc1. The molecular weight excluding hydrogens is 695 g/mol. The Morgan fingerprint density at radius 1 is 0.622 bits per heavy atom. The van der Waals surface area contributed by atoms with E-state index in [0.29, 0.717) is 25.9 Å². The van der Waals surface area contributed by atoms with Gasteiger partial charge in [0.05, 0.1) is 59.5 Å². The molecule has 6 nitrogen and oxygen atoms in total. The molecule has 0 bridgehead atoms. The molecule has 0 aromatic heterocycles. The highest BCUT2D eigenvalue weighted by Crippen LogP contribution is 2.13. The topological polar surface area (TPSA) is 55.4 Å². The lowest BCUT2D eigenvalue weighted by atomic mass is 10.1. The van der Waals surface area contributed by atoms with E-state index >= 15 is 0 Å². The zero-order valence-electron chi connectivity index (χ0n) is 26.4. The van der Waals surface area contributed by atoms with Gasteiger partial charge in [0.2, 0.25) is 0 Å².